The first-order valence-corrected chi connectivity index (χ1v) is 9.63. The lowest BCUT2D eigenvalue weighted by Crippen LogP contribution is -2.31. The predicted molar refractivity (Wildman–Crippen MR) is 92.9 cm³/mol. The number of hydrogen-bond acceptors (Lipinski definition) is 7. The first-order valence-electron chi connectivity index (χ1n) is 8.75. The minimum atomic E-state index is -0.0108. The monoisotopic (exact) mass is 364 g/mol. The summed E-state index contributed by atoms with van der Waals surface area (Å²) in [6.45, 7) is 7.91. The second kappa shape index (κ2) is 7.99. The van der Waals surface area contributed by atoms with Gasteiger partial charge in [-0.05, 0) is 26.7 Å². The Hall–Kier alpha value is -1.90. The molecule has 1 saturated heterocycles. The van der Waals surface area contributed by atoms with Crippen molar-refractivity contribution >= 4 is 17.7 Å². The lowest BCUT2D eigenvalue weighted by molar-refractivity contribution is -0.131. The molecule has 1 amide bonds. The van der Waals surface area contributed by atoms with Crippen LogP contribution in [-0.2, 0) is 17.9 Å². The Morgan fingerprint density at radius 3 is 2.76 bits per heavy atom. The Kier molecular flexibility index (Phi) is 5.72. The topological polar surface area (TPSA) is 89.9 Å². The van der Waals surface area contributed by atoms with Crippen LogP contribution in [0.25, 0.3) is 0 Å². The molecule has 2 aromatic heterocycles. The van der Waals surface area contributed by atoms with Crippen LogP contribution in [0.3, 0.4) is 0 Å². The smallest absolute Gasteiger partial charge is 0.229 e. The molecule has 25 heavy (non-hydrogen) atoms. The molecule has 8 nitrogen and oxygen atoms in total. The summed E-state index contributed by atoms with van der Waals surface area (Å²) in [6, 6.07) is 0. The molecule has 0 spiro atoms. The standard InChI is InChI=1S/C16H24N6O2S/c1-4-22-13(10-21-9-7-5-6-8-14(21)23)18-20-16(22)25-11(2)15-19-17-12(3)24-15/h11H,4-10H2,1-3H3/t11-/m0/s1. The molecular weight excluding hydrogens is 340 g/mol. The van der Waals surface area contributed by atoms with Gasteiger partial charge in [0.1, 0.15) is 0 Å². The van der Waals surface area contributed by atoms with Gasteiger partial charge in [-0.3, -0.25) is 4.79 Å². The van der Waals surface area contributed by atoms with Crippen LogP contribution < -0.4 is 0 Å². The Morgan fingerprint density at radius 1 is 1.20 bits per heavy atom. The third-order valence-electron chi connectivity index (χ3n) is 4.28. The van der Waals surface area contributed by atoms with Crippen molar-refractivity contribution in [3.63, 3.8) is 0 Å². The lowest BCUT2D eigenvalue weighted by atomic mass is 10.2. The van der Waals surface area contributed by atoms with Gasteiger partial charge in [0.05, 0.1) is 11.8 Å². The van der Waals surface area contributed by atoms with Crippen molar-refractivity contribution in [2.45, 2.75) is 70.0 Å². The van der Waals surface area contributed by atoms with Crippen molar-refractivity contribution in [3.05, 3.63) is 17.6 Å². The Labute approximate surface area is 151 Å². The van der Waals surface area contributed by atoms with E-state index in [9.17, 15) is 4.79 Å². The van der Waals surface area contributed by atoms with Gasteiger partial charge < -0.3 is 13.9 Å². The maximum atomic E-state index is 12.2. The molecule has 1 aliphatic rings. The average molecular weight is 364 g/mol. The molecule has 0 unspecified atom stereocenters. The van der Waals surface area contributed by atoms with Crippen molar-refractivity contribution in [2.24, 2.45) is 0 Å². The molecule has 0 aliphatic carbocycles. The van der Waals surface area contributed by atoms with Crippen LogP contribution in [0.1, 0.15) is 62.4 Å². The molecule has 1 fully saturated rings. The molecule has 0 bridgehead atoms. The quantitative estimate of drug-likeness (QED) is 0.728. The molecule has 3 rings (SSSR count). The molecule has 136 valence electrons. The second-order valence-electron chi connectivity index (χ2n) is 6.19. The fourth-order valence-corrected chi connectivity index (χ4v) is 3.86. The van der Waals surface area contributed by atoms with Gasteiger partial charge in [0.2, 0.25) is 17.7 Å². The number of carbonyl (C=O) groups excluding carboxylic acids is 1. The van der Waals surface area contributed by atoms with Gasteiger partial charge >= 0.3 is 0 Å². The van der Waals surface area contributed by atoms with Gasteiger partial charge in [-0.2, -0.15) is 0 Å². The number of hydrogen-bond donors (Lipinski definition) is 0. The molecule has 0 radical (unpaired) electrons. The van der Waals surface area contributed by atoms with Crippen molar-refractivity contribution in [3.8, 4) is 0 Å². The van der Waals surface area contributed by atoms with E-state index in [-0.39, 0.29) is 11.2 Å². The highest BCUT2D eigenvalue weighted by Crippen LogP contribution is 2.33. The van der Waals surface area contributed by atoms with E-state index in [4.69, 9.17) is 4.42 Å². The van der Waals surface area contributed by atoms with E-state index in [0.29, 0.717) is 24.7 Å². The zero-order valence-corrected chi connectivity index (χ0v) is 15.8. The van der Waals surface area contributed by atoms with Crippen molar-refractivity contribution in [1.82, 2.24) is 29.9 Å². The summed E-state index contributed by atoms with van der Waals surface area (Å²) in [4.78, 5) is 14.1. The molecular formula is C16H24N6O2S. The third kappa shape index (κ3) is 4.20. The van der Waals surface area contributed by atoms with E-state index in [0.717, 1.165) is 43.3 Å². The van der Waals surface area contributed by atoms with E-state index < -0.39 is 0 Å². The maximum Gasteiger partial charge on any atom is 0.229 e. The normalized spacial score (nSPS) is 16.9. The second-order valence-corrected chi connectivity index (χ2v) is 7.50. The molecule has 1 aliphatic heterocycles. The molecule has 0 aromatic carbocycles. The summed E-state index contributed by atoms with van der Waals surface area (Å²) < 4.78 is 7.55. The summed E-state index contributed by atoms with van der Waals surface area (Å²) >= 11 is 1.54. The van der Waals surface area contributed by atoms with E-state index in [1.54, 1.807) is 6.92 Å². The summed E-state index contributed by atoms with van der Waals surface area (Å²) in [5, 5.41) is 17.4. The highest BCUT2D eigenvalue weighted by Gasteiger charge is 2.22. The van der Waals surface area contributed by atoms with Crippen LogP contribution in [0.5, 0.6) is 0 Å². The SMILES string of the molecule is CCn1c(CN2CCCCCC2=O)nnc1S[C@@H](C)c1nnc(C)o1. The molecule has 0 N–H and O–H groups in total. The fourth-order valence-electron chi connectivity index (χ4n) is 2.90. The third-order valence-corrected chi connectivity index (χ3v) is 5.35. The zero-order chi connectivity index (χ0) is 17.8. The van der Waals surface area contributed by atoms with Gasteiger partial charge in [-0.15, -0.1) is 20.4 Å². The van der Waals surface area contributed by atoms with Crippen LogP contribution in [0, 0.1) is 6.92 Å². The van der Waals surface area contributed by atoms with Crippen molar-refractivity contribution in [2.75, 3.05) is 6.54 Å². The number of thioether (sulfide) groups is 1. The van der Waals surface area contributed by atoms with Crippen LogP contribution in [0.2, 0.25) is 0 Å². The number of aryl methyl sites for hydroxylation is 1. The fraction of sp³-hybridized carbons (Fsp3) is 0.688. The molecule has 3 heterocycles. The number of amides is 1. The van der Waals surface area contributed by atoms with Gasteiger partial charge in [0, 0.05) is 26.4 Å². The minimum Gasteiger partial charge on any atom is -0.424 e. The van der Waals surface area contributed by atoms with E-state index in [1.165, 1.54) is 11.8 Å². The Balaban J connectivity index is 1.73. The first kappa shape index (κ1) is 17.9. The number of nitrogens with zero attached hydrogens (tertiary/aromatic N) is 6. The zero-order valence-electron chi connectivity index (χ0n) is 14.9. The minimum absolute atomic E-state index is 0.0108. The van der Waals surface area contributed by atoms with Gasteiger partial charge in [0.15, 0.2) is 11.0 Å². The van der Waals surface area contributed by atoms with Gasteiger partial charge in [-0.25, -0.2) is 0 Å². The summed E-state index contributed by atoms with van der Waals surface area (Å²) in [7, 11) is 0. The van der Waals surface area contributed by atoms with Crippen molar-refractivity contribution < 1.29 is 9.21 Å². The van der Waals surface area contributed by atoms with Crippen LogP contribution in [-0.4, -0.2) is 42.3 Å². The molecule has 9 heteroatoms. The molecule has 0 saturated carbocycles. The number of rotatable bonds is 6. The van der Waals surface area contributed by atoms with Crippen LogP contribution >= 0.6 is 11.8 Å². The van der Waals surface area contributed by atoms with Crippen LogP contribution in [0.15, 0.2) is 9.57 Å². The Bertz CT molecular complexity index is 728. The average Bonchev–Trinajstić information content (AvgIpc) is 3.13. The predicted octanol–water partition coefficient (Wildman–Crippen LogP) is 2.75. The highest BCUT2D eigenvalue weighted by atomic mass is 32.2. The van der Waals surface area contributed by atoms with E-state index in [1.807, 2.05) is 11.8 Å². The number of likely N-dealkylation sites (tertiary alicyclic amines) is 1. The van der Waals surface area contributed by atoms with E-state index in [2.05, 4.69) is 31.9 Å². The summed E-state index contributed by atoms with van der Waals surface area (Å²) in [6.07, 6.45) is 3.79. The summed E-state index contributed by atoms with van der Waals surface area (Å²) in [5.41, 5.74) is 0. The number of aromatic nitrogens is 5. The van der Waals surface area contributed by atoms with Crippen molar-refractivity contribution in [1.29, 1.82) is 0 Å². The first-order chi connectivity index (χ1) is 12.1. The highest BCUT2D eigenvalue weighted by molar-refractivity contribution is 7.99. The Morgan fingerprint density at radius 2 is 2.04 bits per heavy atom. The lowest BCUT2D eigenvalue weighted by Gasteiger charge is -2.20. The largest absolute Gasteiger partial charge is 0.424 e. The van der Waals surface area contributed by atoms with Gasteiger partial charge in [-0.1, -0.05) is 18.2 Å². The van der Waals surface area contributed by atoms with Crippen LogP contribution in [0.4, 0.5) is 0 Å². The summed E-state index contributed by atoms with van der Waals surface area (Å²) in [5.74, 6) is 2.18. The molecule has 2 aromatic rings. The maximum absolute atomic E-state index is 12.2. The van der Waals surface area contributed by atoms with E-state index >= 15 is 0 Å². The van der Waals surface area contributed by atoms with Gasteiger partial charge in [0.25, 0.3) is 0 Å². The molecule has 1 atom stereocenters. The number of carbonyl (C=O) groups is 1.